The van der Waals surface area contributed by atoms with E-state index in [-0.39, 0.29) is 11.6 Å². The van der Waals surface area contributed by atoms with E-state index in [1.165, 1.54) is 11.6 Å². The predicted octanol–water partition coefficient (Wildman–Crippen LogP) is 0.718. The fourth-order valence-electron chi connectivity index (χ4n) is 2.44. The first-order chi connectivity index (χ1) is 10.4. The number of benzene rings is 1. The highest BCUT2D eigenvalue weighted by Gasteiger charge is 2.17. The Morgan fingerprint density at radius 2 is 1.95 bits per heavy atom. The van der Waals surface area contributed by atoms with Crippen molar-refractivity contribution in [2.45, 2.75) is 6.54 Å². The smallest absolute Gasteiger partial charge is 0.332 e. The maximum atomic E-state index is 12.4. The molecule has 2 aromatic heterocycles. The largest absolute Gasteiger partial charge is 0.369 e. The molecule has 1 aromatic carbocycles. The van der Waals surface area contributed by atoms with Crippen molar-refractivity contribution in [2.24, 2.45) is 14.1 Å². The Morgan fingerprint density at radius 3 is 2.64 bits per heavy atom. The molecule has 7 nitrogen and oxygen atoms in total. The molecule has 0 aliphatic heterocycles. The Balaban J connectivity index is 2.29. The summed E-state index contributed by atoms with van der Waals surface area (Å²) in [6, 6.07) is 7.26. The summed E-state index contributed by atoms with van der Waals surface area (Å²) in [5.41, 5.74) is 6.51. The highest BCUT2D eigenvalue weighted by molar-refractivity contribution is 6.30. The second-order valence-electron chi connectivity index (χ2n) is 5.06. The van der Waals surface area contributed by atoms with Gasteiger partial charge in [-0.1, -0.05) is 23.7 Å². The zero-order chi connectivity index (χ0) is 16.0. The number of aryl methyl sites for hydroxylation is 1. The van der Waals surface area contributed by atoms with Crippen LogP contribution in [0, 0.1) is 0 Å². The third-order valence-corrected chi connectivity index (χ3v) is 3.84. The molecule has 8 heteroatoms. The van der Waals surface area contributed by atoms with Crippen molar-refractivity contribution in [3.8, 4) is 0 Å². The van der Waals surface area contributed by atoms with E-state index in [2.05, 4.69) is 4.98 Å². The van der Waals surface area contributed by atoms with Crippen LogP contribution >= 0.6 is 11.6 Å². The van der Waals surface area contributed by atoms with Gasteiger partial charge in [-0.25, -0.2) is 4.79 Å². The van der Waals surface area contributed by atoms with Gasteiger partial charge in [0, 0.05) is 19.1 Å². The lowest BCUT2D eigenvalue weighted by Gasteiger charge is -2.08. The summed E-state index contributed by atoms with van der Waals surface area (Å²) in [4.78, 5) is 28.5. The molecule has 2 heterocycles. The van der Waals surface area contributed by atoms with Crippen LogP contribution in [0.25, 0.3) is 11.2 Å². The topological polar surface area (TPSA) is 87.8 Å². The van der Waals surface area contributed by atoms with Gasteiger partial charge in [-0.2, -0.15) is 4.98 Å². The number of hydrogen-bond donors (Lipinski definition) is 1. The van der Waals surface area contributed by atoms with Crippen LogP contribution in [-0.2, 0) is 20.6 Å². The molecule has 0 radical (unpaired) electrons. The minimum Gasteiger partial charge on any atom is -0.369 e. The molecule has 0 fully saturated rings. The van der Waals surface area contributed by atoms with E-state index in [4.69, 9.17) is 17.3 Å². The molecule has 0 aliphatic rings. The Labute approximate surface area is 130 Å². The van der Waals surface area contributed by atoms with Crippen molar-refractivity contribution >= 4 is 28.7 Å². The van der Waals surface area contributed by atoms with E-state index in [0.717, 1.165) is 10.1 Å². The molecule has 0 saturated carbocycles. The second-order valence-corrected chi connectivity index (χ2v) is 5.50. The average molecular weight is 320 g/mol. The summed E-state index contributed by atoms with van der Waals surface area (Å²) in [5.74, 6) is 0.174. The SMILES string of the molecule is Cn1c(=O)c2c(nc(N)n2Cc2cccc(Cl)c2)n(C)c1=O. The lowest BCUT2D eigenvalue weighted by molar-refractivity contribution is 0.702. The van der Waals surface area contributed by atoms with Crippen LogP contribution in [0.5, 0.6) is 0 Å². The van der Waals surface area contributed by atoms with E-state index in [1.807, 2.05) is 12.1 Å². The number of fused-ring (bicyclic) bond motifs is 1. The number of nitrogens with zero attached hydrogens (tertiary/aromatic N) is 4. The van der Waals surface area contributed by atoms with Gasteiger partial charge in [-0.15, -0.1) is 0 Å². The summed E-state index contributed by atoms with van der Waals surface area (Å²) < 4.78 is 3.93. The van der Waals surface area contributed by atoms with E-state index in [0.29, 0.717) is 17.1 Å². The van der Waals surface area contributed by atoms with Crippen LogP contribution < -0.4 is 17.0 Å². The van der Waals surface area contributed by atoms with Crippen molar-refractivity contribution in [3.63, 3.8) is 0 Å². The molecule has 0 amide bonds. The molecule has 3 rings (SSSR count). The quantitative estimate of drug-likeness (QED) is 0.754. The number of aromatic nitrogens is 4. The minimum atomic E-state index is -0.440. The number of nitrogen functional groups attached to an aromatic ring is 1. The Kier molecular flexibility index (Phi) is 3.29. The van der Waals surface area contributed by atoms with Crippen LogP contribution in [0.2, 0.25) is 5.02 Å². The minimum absolute atomic E-state index is 0.174. The average Bonchev–Trinajstić information content (AvgIpc) is 2.80. The zero-order valence-electron chi connectivity index (χ0n) is 12.1. The molecule has 114 valence electrons. The van der Waals surface area contributed by atoms with Gasteiger partial charge in [0.2, 0.25) is 5.95 Å². The molecule has 0 aliphatic carbocycles. The second kappa shape index (κ2) is 5.03. The summed E-state index contributed by atoms with van der Waals surface area (Å²) in [6.07, 6.45) is 0. The van der Waals surface area contributed by atoms with E-state index in [9.17, 15) is 9.59 Å². The first kappa shape index (κ1) is 14.4. The third kappa shape index (κ3) is 2.10. The molecule has 0 saturated heterocycles. The summed E-state index contributed by atoms with van der Waals surface area (Å²) in [6.45, 7) is 0.344. The predicted molar refractivity (Wildman–Crippen MR) is 85.2 cm³/mol. The number of anilines is 1. The Morgan fingerprint density at radius 1 is 1.23 bits per heavy atom. The van der Waals surface area contributed by atoms with Crippen LogP contribution in [0.15, 0.2) is 33.9 Å². The van der Waals surface area contributed by atoms with Gasteiger partial charge >= 0.3 is 5.69 Å². The number of hydrogen-bond acceptors (Lipinski definition) is 4. The van der Waals surface area contributed by atoms with Gasteiger partial charge in [0.1, 0.15) is 0 Å². The standard InChI is InChI=1S/C14H14ClN5O2/c1-18-11-10(12(21)19(2)14(18)22)20(13(16)17-11)7-8-4-3-5-9(15)6-8/h3-6H,7H2,1-2H3,(H2,16,17). The Bertz CT molecular complexity index is 999. The number of rotatable bonds is 2. The molecule has 0 unspecified atom stereocenters. The maximum Gasteiger partial charge on any atom is 0.332 e. The van der Waals surface area contributed by atoms with E-state index < -0.39 is 11.2 Å². The van der Waals surface area contributed by atoms with Crippen LogP contribution in [0.1, 0.15) is 5.56 Å². The van der Waals surface area contributed by atoms with Crippen molar-refractivity contribution < 1.29 is 0 Å². The van der Waals surface area contributed by atoms with Crippen molar-refractivity contribution in [1.82, 2.24) is 18.7 Å². The lowest BCUT2D eigenvalue weighted by Crippen LogP contribution is -2.37. The van der Waals surface area contributed by atoms with Gasteiger partial charge in [0.15, 0.2) is 11.2 Å². The van der Waals surface area contributed by atoms with Crippen molar-refractivity contribution in [3.05, 3.63) is 55.7 Å². The fourth-order valence-corrected chi connectivity index (χ4v) is 2.65. The highest BCUT2D eigenvalue weighted by atomic mass is 35.5. The molecule has 3 aromatic rings. The molecular weight excluding hydrogens is 306 g/mol. The van der Waals surface area contributed by atoms with Gasteiger partial charge in [0.25, 0.3) is 5.56 Å². The van der Waals surface area contributed by atoms with Gasteiger partial charge < -0.3 is 10.3 Å². The lowest BCUT2D eigenvalue weighted by atomic mass is 10.2. The van der Waals surface area contributed by atoms with Gasteiger partial charge in [-0.05, 0) is 17.7 Å². The van der Waals surface area contributed by atoms with Gasteiger partial charge in [-0.3, -0.25) is 13.9 Å². The monoisotopic (exact) mass is 319 g/mol. The molecule has 22 heavy (non-hydrogen) atoms. The van der Waals surface area contributed by atoms with Crippen LogP contribution in [-0.4, -0.2) is 18.7 Å². The Hall–Kier alpha value is -2.54. The van der Waals surface area contributed by atoms with E-state index in [1.54, 1.807) is 23.7 Å². The third-order valence-electron chi connectivity index (χ3n) is 3.61. The number of halogens is 1. The molecule has 0 spiro atoms. The number of nitrogens with two attached hydrogens (primary N) is 1. The normalized spacial score (nSPS) is 11.2. The van der Waals surface area contributed by atoms with Crippen molar-refractivity contribution in [1.29, 1.82) is 0 Å². The maximum absolute atomic E-state index is 12.4. The van der Waals surface area contributed by atoms with E-state index >= 15 is 0 Å². The summed E-state index contributed by atoms with van der Waals surface area (Å²) in [5, 5.41) is 0.598. The van der Waals surface area contributed by atoms with Crippen LogP contribution in [0.4, 0.5) is 5.95 Å². The number of imidazole rings is 1. The summed E-state index contributed by atoms with van der Waals surface area (Å²) in [7, 11) is 2.98. The molecular formula is C14H14ClN5O2. The highest BCUT2D eigenvalue weighted by Crippen LogP contribution is 2.17. The fraction of sp³-hybridized carbons (Fsp3) is 0.214. The molecule has 0 atom stereocenters. The van der Waals surface area contributed by atoms with Crippen molar-refractivity contribution in [2.75, 3.05) is 5.73 Å². The van der Waals surface area contributed by atoms with Gasteiger partial charge in [0.05, 0.1) is 6.54 Å². The first-order valence-corrected chi connectivity index (χ1v) is 6.94. The molecule has 2 N–H and O–H groups in total. The molecule has 0 bridgehead atoms. The first-order valence-electron chi connectivity index (χ1n) is 6.56. The zero-order valence-corrected chi connectivity index (χ0v) is 12.8. The summed E-state index contributed by atoms with van der Waals surface area (Å²) >= 11 is 5.98. The van der Waals surface area contributed by atoms with Crippen LogP contribution in [0.3, 0.4) is 0 Å².